The summed E-state index contributed by atoms with van der Waals surface area (Å²) in [5.74, 6) is -0.501. The average molecular weight is 231 g/mol. The van der Waals surface area contributed by atoms with Crippen LogP contribution in [-0.2, 0) is 14.3 Å². The number of nitrogens with one attached hydrogen (secondary N) is 1. The zero-order valence-corrected chi connectivity index (χ0v) is 9.99. The molecule has 0 aliphatic heterocycles. The number of ether oxygens (including phenoxy) is 1. The quantitative estimate of drug-likeness (QED) is 0.600. The normalized spacial score (nSPS) is 11.9. The molecular formula is C11H21NO4. The molecule has 16 heavy (non-hydrogen) atoms. The molecule has 0 aromatic rings. The predicted molar refractivity (Wildman–Crippen MR) is 59.8 cm³/mol. The van der Waals surface area contributed by atoms with Gasteiger partial charge in [0.1, 0.15) is 0 Å². The van der Waals surface area contributed by atoms with Gasteiger partial charge in [0.15, 0.2) is 0 Å². The third kappa shape index (κ3) is 8.23. The van der Waals surface area contributed by atoms with Gasteiger partial charge in [-0.05, 0) is 26.7 Å². The number of esters is 1. The van der Waals surface area contributed by atoms with Gasteiger partial charge in [-0.2, -0.15) is 0 Å². The highest BCUT2D eigenvalue weighted by Gasteiger charge is 2.09. The predicted octanol–water partition coefficient (Wildman–Crippen LogP) is 0.607. The highest BCUT2D eigenvalue weighted by molar-refractivity contribution is 5.81. The largest absolute Gasteiger partial charge is 0.466 e. The highest BCUT2D eigenvalue weighted by Crippen LogP contribution is 1.98. The maximum Gasteiger partial charge on any atom is 0.306 e. The lowest BCUT2D eigenvalue weighted by atomic mass is 10.2. The molecule has 94 valence electrons. The molecule has 0 aromatic heterocycles. The highest BCUT2D eigenvalue weighted by atomic mass is 16.5. The molecule has 0 radical (unpaired) electrons. The molecule has 0 rings (SSSR count). The van der Waals surface area contributed by atoms with E-state index in [0.717, 1.165) is 6.42 Å². The van der Waals surface area contributed by atoms with Gasteiger partial charge in [-0.1, -0.05) is 0 Å². The summed E-state index contributed by atoms with van der Waals surface area (Å²) in [4.78, 5) is 22.3. The lowest BCUT2D eigenvalue weighted by Gasteiger charge is -2.12. The summed E-state index contributed by atoms with van der Waals surface area (Å²) in [6, 6.07) is 0.0295. The van der Waals surface area contributed by atoms with Crippen molar-refractivity contribution in [1.29, 1.82) is 0 Å². The van der Waals surface area contributed by atoms with Crippen LogP contribution in [0, 0.1) is 0 Å². The summed E-state index contributed by atoms with van der Waals surface area (Å²) < 4.78 is 4.71. The Hall–Kier alpha value is -1.10. The smallest absolute Gasteiger partial charge is 0.306 e. The molecule has 0 bridgehead atoms. The second-order valence-corrected chi connectivity index (χ2v) is 3.64. The number of hydrogen-bond donors (Lipinski definition) is 2. The van der Waals surface area contributed by atoms with E-state index in [-0.39, 0.29) is 37.4 Å². The first-order chi connectivity index (χ1) is 7.60. The van der Waals surface area contributed by atoms with E-state index in [1.807, 2.05) is 6.92 Å². The van der Waals surface area contributed by atoms with Crippen molar-refractivity contribution in [2.45, 2.75) is 45.6 Å². The third-order valence-electron chi connectivity index (χ3n) is 2.06. The second-order valence-electron chi connectivity index (χ2n) is 3.64. The van der Waals surface area contributed by atoms with E-state index in [1.165, 1.54) is 0 Å². The zero-order chi connectivity index (χ0) is 12.4. The minimum atomic E-state index is -0.347. The Morgan fingerprint density at radius 2 is 2.06 bits per heavy atom. The number of carbonyl (C=O) groups is 2. The number of amides is 1. The van der Waals surface area contributed by atoms with Gasteiger partial charge < -0.3 is 15.2 Å². The van der Waals surface area contributed by atoms with Crippen LogP contribution in [0.25, 0.3) is 0 Å². The Kier molecular flexibility index (Phi) is 8.52. The van der Waals surface area contributed by atoms with Crippen LogP contribution in [-0.4, -0.2) is 36.2 Å². The Bertz CT molecular complexity index is 218. The summed E-state index contributed by atoms with van der Waals surface area (Å²) in [6.07, 6.45) is 1.68. The fraction of sp³-hybridized carbons (Fsp3) is 0.818. The molecule has 0 heterocycles. The van der Waals surface area contributed by atoms with Crippen LogP contribution in [0.3, 0.4) is 0 Å². The molecule has 1 atom stereocenters. The topological polar surface area (TPSA) is 75.6 Å². The van der Waals surface area contributed by atoms with Crippen LogP contribution in [0.15, 0.2) is 0 Å². The molecule has 0 aliphatic carbocycles. The van der Waals surface area contributed by atoms with Gasteiger partial charge in [0, 0.05) is 19.1 Å². The summed E-state index contributed by atoms with van der Waals surface area (Å²) >= 11 is 0. The zero-order valence-electron chi connectivity index (χ0n) is 9.99. The molecular weight excluding hydrogens is 210 g/mol. The van der Waals surface area contributed by atoms with Gasteiger partial charge >= 0.3 is 5.97 Å². The molecule has 0 fully saturated rings. The molecule has 0 aromatic carbocycles. The van der Waals surface area contributed by atoms with Gasteiger partial charge in [-0.25, -0.2) is 0 Å². The van der Waals surface area contributed by atoms with E-state index in [2.05, 4.69) is 5.32 Å². The van der Waals surface area contributed by atoms with Crippen molar-refractivity contribution in [3.8, 4) is 0 Å². The first-order valence-electron chi connectivity index (χ1n) is 5.66. The summed E-state index contributed by atoms with van der Waals surface area (Å²) in [6.45, 7) is 4.07. The van der Waals surface area contributed by atoms with E-state index in [4.69, 9.17) is 9.84 Å². The fourth-order valence-electron chi connectivity index (χ4n) is 1.27. The maximum atomic E-state index is 11.3. The van der Waals surface area contributed by atoms with Crippen molar-refractivity contribution in [2.75, 3.05) is 13.2 Å². The Morgan fingerprint density at radius 1 is 1.38 bits per heavy atom. The van der Waals surface area contributed by atoms with E-state index < -0.39 is 0 Å². The molecule has 5 heteroatoms. The van der Waals surface area contributed by atoms with Crippen LogP contribution in [0.4, 0.5) is 0 Å². The van der Waals surface area contributed by atoms with Gasteiger partial charge in [-0.3, -0.25) is 9.59 Å². The third-order valence-corrected chi connectivity index (χ3v) is 2.06. The van der Waals surface area contributed by atoms with Crippen molar-refractivity contribution in [3.63, 3.8) is 0 Å². The van der Waals surface area contributed by atoms with Crippen molar-refractivity contribution in [3.05, 3.63) is 0 Å². The standard InChI is InChI=1S/C11H21NO4/c1-3-16-11(15)7-6-10(14)12-9(2)5-4-8-13/h9,13H,3-8H2,1-2H3,(H,12,14). The fourth-order valence-corrected chi connectivity index (χ4v) is 1.27. The summed E-state index contributed by atoms with van der Waals surface area (Å²) in [7, 11) is 0. The molecule has 5 nitrogen and oxygen atoms in total. The van der Waals surface area contributed by atoms with E-state index in [9.17, 15) is 9.59 Å². The van der Waals surface area contributed by atoms with Crippen LogP contribution in [0.1, 0.15) is 39.5 Å². The monoisotopic (exact) mass is 231 g/mol. The minimum absolute atomic E-state index is 0.0295. The van der Waals surface area contributed by atoms with Gasteiger partial charge in [0.25, 0.3) is 0 Å². The van der Waals surface area contributed by atoms with Crippen molar-refractivity contribution >= 4 is 11.9 Å². The first-order valence-corrected chi connectivity index (χ1v) is 5.66. The van der Waals surface area contributed by atoms with E-state index in [1.54, 1.807) is 6.92 Å². The second kappa shape index (κ2) is 9.15. The first kappa shape index (κ1) is 14.9. The Balaban J connectivity index is 3.61. The number of carbonyl (C=O) groups excluding carboxylic acids is 2. The van der Waals surface area contributed by atoms with Crippen molar-refractivity contribution < 1.29 is 19.4 Å². The SMILES string of the molecule is CCOC(=O)CCC(=O)NC(C)CCCO. The van der Waals surface area contributed by atoms with Gasteiger partial charge in [0.05, 0.1) is 13.0 Å². The molecule has 2 N–H and O–H groups in total. The van der Waals surface area contributed by atoms with Crippen LogP contribution in [0.5, 0.6) is 0 Å². The molecule has 0 aliphatic rings. The number of rotatable bonds is 8. The average Bonchev–Trinajstić information content (AvgIpc) is 2.24. The summed E-state index contributed by atoms with van der Waals surface area (Å²) in [5.41, 5.74) is 0. The lowest BCUT2D eigenvalue weighted by molar-refractivity contribution is -0.144. The lowest BCUT2D eigenvalue weighted by Crippen LogP contribution is -2.32. The van der Waals surface area contributed by atoms with E-state index in [0.29, 0.717) is 13.0 Å². The number of hydrogen-bond acceptors (Lipinski definition) is 4. The number of aliphatic hydroxyl groups excluding tert-OH is 1. The molecule has 1 amide bonds. The Labute approximate surface area is 96.2 Å². The van der Waals surface area contributed by atoms with Crippen LogP contribution < -0.4 is 5.32 Å². The molecule has 0 saturated heterocycles. The van der Waals surface area contributed by atoms with Crippen LogP contribution >= 0.6 is 0 Å². The number of aliphatic hydroxyl groups is 1. The van der Waals surface area contributed by atoms with E-state index >= 15 is 0 Å². The van der Waals surface area contributed by atoms with Crippen molar-refractivity contribution in [2.24, 2.45) is 0 Å². The molecule has 1 unspecified atom stereocenters. The van der Waals surface area contributed by atoms with Gasteiger partial charge in [0.2, 0.25) is 5.91 Å². The maximum absolute atomic E-state index is 11.3. The molecule has 0 saturated carbocycles. The van der Waals surface area contributed by atoms with Crippen LogP contribution in [0.2, 0.25) is 0 Å². The summed E-state index contributed by atoms with van der Waals surface area (Å²) in [5, 5.41) is 11.4. The van der Waals surface area contributed by atoms with Gasteiger partial charge in [-0.15, -0.1) is 0 Å². The molecule has 0 spiro atoms. The Morgan fingerprint density at radius 3 is 2.62 bits per heavy atom. The minimum Gasteiger partial charge on any atom is -0.466 e. The van der Waals surface area contributed by atoms with Crippen molar-refractivity contribution in [1.82, 2.24) is 5.32 Å².